The zero-order valence-corrected chi connectivity index (χ0v) is 10.6. The van der Waals surface area contributed by atoms with E-state index in [1.165, 1.54) is 0 Å². The molecule has 0 bridgehead atoms. The standard InChI is InChI=1S/C11H24N2O3/c1-11(9-12,10(14-2)15-3)13-5-4-7-16-8-6-13/h10H,4-9,12H2,1-3H3. The topological polar surface area (TPSA) is 57.0 Å². The van der Waals surface area contributed by atoms with Gasteiger partial charge in [-0.2, -0.15) is 0 Å². The fourth-order valence-corrected chi connectivity index (χ4v) is 2.24. The Hall–Kier alpha value is -0.200. The third-order valence-electron chi connectivity index (χ3n) is 3.29. The highest BCUT2D eigenvalue weighted by Crippen LogP contribution is 2.22. The number of hydrogen-bond donors (Lipinski definition) is 1. The lowest BCUT2D eigenvalue weighted by atomic mass is 9.98. The number of methoxy groups -OCH3 is 2. The Kier molecular flexibility index (Phi) is 5.64. The molecule has 1 saturated heterocycles. The first-order chi connectivity index (χ1) is 7.69. The molecule has 0 saturated carbocycles. The van der Waals surface area contributed by atoms with E-state index in [0.717, 1.165) is 32.7 Å². The van der Waals surface area contributed by atoms with E-state index < -0.39 is 0 Å². The van der Waals surface area contributed by atoms with Crippen LogP contribution in [-0.2, 0) is 14.2 Å². The van der Waals surface area contributed by atoms with Crippen LogP contribution in [0.15, 0.2) is 0 Å². The molecule has 16 heavy (non-hydrogen) atoms. The lowest BCUT2D eigenvalue weighted by Crippen LogP contribution is -2.61. The summed E-state index contributed by atoms with van der Waals surface area (Å²) in [4.78, 5) is 2.30. The van der Waals surface area contributed by atoms with E-state index in [1.807, 2.05) is 0 Å². The van der Waals surface area contributed by atoms with Gasteiger partial charge in [0, 0.05) is 40.5 Å². The molecule has 96 valence electrons. The molecular formula is C11H24N2O3. The van der Waals surface area contributed by atoms with Crippen molar-refractivity contribution in [2.24, 2.45) is 5.73 Å². The molecule has 1 rings (SSSR count). The maximum atomic E-state index is 5.90. The van der Waals surface area contributed by atoms with Crippen LogP contribution in [-0.4, -0.2) is 63.8 Å². The van der Waals surface area contributed by atoms with Crippen molar-refractivity contribution in [3.8, 4) is 0 Å². The van der Waals surface area contributed by atoms with Crippen LogP contribution in [0.5, 0.6) is 0 Å². The molecule has 0 amide bonds. The SMILES string of the molecule is COC(OC)C(C)(CN)N1CCCOCC1. The van der Waals surface area contributed by atoms with Crippen LogP contribution in [0.2, 0.25) is 0 Å². The molecule has 1 aliphatic heterocycles. The lowest BCUT2D eigenvalue weighted by molar-refractivity contribution is -0.181. The van der Waals surface area contributed by atoms with Crippen LogP contribution in [0.1, 0.15) is 13.3 Å². The second-order valence-corrected chi connectivity index (χ2v) is 4.32. The second-order valence-electron chi connectivity index (χ2n) is 4.32. The summed E-state index contributed by atoms with van der Waals surface area (Å²) in [6.45, 7) is 5.99. The van der Waals surface area contributed by atoms with Crippen molar-refractivity contribution < 1.29 is 14.2 Å². The minimum atomic E-state index is -0.310. The minimum absolute atomic E-state index is 0.294. The van der Waals surface area contributed by atoms with Crippen molar-refractivity contribution in [1.29, 1.82) is 0 Å². The Labute approximate surface area is 97.8 Å². The smallest absolute Gasteiger partial charge is 0.176 e. The lowest BCUT2D eigenvalue weighted by Gasteiger charge is -2.43. The molecule has 0 aromatic carbocycles. The normalized spacial score (nSPS) is 23.1. The molecule has 1 aliphatic rings. The quantitative estimate of drug-likeness (QED) is 0.679. The van der Waals surface area contributed by atoms with Crippen LogP contribution in [0.4, 0.5) is 0 Å². The molecule has 5 heteroatoms. The van der Waals surface area contributed by atoms with Crippen LogP contribution in [0.25, 0.3) is 0 Å². The van der Waals surface area contributed by atoms with Gasteiger partial charge in [0.2, 0.25) is 0 Å². The van der Waals surface area contributed by atoms with Gasteiger partial charge in [0.05, 0.1) is 12.1 Å². The van der Waals surface area contributed by atoms with Gasteiger partial charge in [0.1, 0.15) is 0 Å². The van der Waals surface area contributed by atoms with Gasteiger partial charge in [-0.25, -0.2) is 0 Å². The first kappa shape index (κ1) is 13.9. The summed E-state index contributed by atoms with van der Waals surface area (Å²) in [6.07, 6.45) is 0.714. The van der Waals surface area contributed by atoms with Crippen molar-refractivity contribution in [1.82, 2.24) is 4.90 Å². The molecule has 1 atom stereocenters. The van der Waals surface area contributed by atoms with E-state index >= 15 is 0 Å². The molecule has 0 aromatic heterocycles. The average Bonchev–Trinajstić information content (AvgIpc) is 2.59. The van der Waals surface area contributed by atoms with Crippen molar-refractivity contribution in [2.45, 2.75) is 25.2 Å². The molecule has 5 nitrogen and oxygen atoms in total. The summed E-state index contributed by atoms with van der Waals surface area (Å²) in [7, 11) is 3.30. The number of ether oxygens (including phenoxy) is 3. The van der Waals surface area contributed by atoms with Crippen LogP contribution in [0, 0.1) is 0 Å². The van der Waals surface area contributed by atoms with Gasteiger partial charge in [-0.15, -0.1) is 0 Å². The number of rotatable bonds is 5. The fraction of sp³-hybridized carbons (Fsp3) is 1.00. The summed E-state index contributed by atoms with van der Waals surface area (Å²) in [5.41, 5.74) is 5.60. The third kappa shape index (κ3) is 2.93. The van der Waals surface area contributed by atoms with E-state index in [2.05, 4.69) is 11.8 Å². The van der Waals surface area contributed by atoms with Crippen molar-refractivity contribution in [2.75, 3.05) is 47.1 Å². The van der Waals surface area contributed by atoms with Crippen molar-refractivity contribution >= 4 is 0 Å². The van der Waals surface area contributed by atoms with E-state index in [1.54, 1.807) is 14.2 Å². The minimum Gasteiger partial charge on any atom is -0.380 e. The van der Waals surface area contributed by atoms with E-state index in [-0.39, 0.29) is 11.8 Å². The fourth-order valence-electron chi connectivity index (χ4n) is 2.24. The van der Waals surface area contributed by atoms with E-state index in [9.17, 15) is 0 Å². The van der Waals surface area contributed by atoms with Gasteiger partial charge in [-0.1, -0.05) is 0 Å². The van der Waals surface area contributed by atoms with Crippen LogP contribution < -0.4 is 5.73 Å². The van der Waals surface area contributed by atoms with Gasteiger partial charge in [0.15, 0.2) is 6.29 Å². The second kappa shape index (κ2) is 6.51. The highest BCUT2D eigenvalue weighted by atomic mass is 16.7. The third-order valence-corrected chi connectivity index (χ3v) is 3.29. The van der Waals surface area contributed by atoms with Crippen LogP contribution >= 0.6 is 0 Å². The summed E-state index contributed by atoms with van der Waals surface area (Å²) in [6, 6.07) is 0. The summed E-state index contributed by atoms with van der Waals surface area (Å²) >= 11 is 0. The molecule has 1 fully saturated rings. The highest BCUT2D eigenvalue weighted by Gasteiger charge is 2.39. The molecular weight excluding hydrogens is 208 g/mol. The molecule has 0 spiro atoms. The number of hydrogen-bond acceptors (Lipinski definition) is 5. The summed E-state index contributed by atoms with van der Waals surface area (Å²) in [5.74, 6) is 0. The Morgan fingerprint density at radius 1 is 1.31 bits per heavy atom. The van der Waals surface area contributed by atoms with Gasteiger partial charge in [0.25, 0.3) is 0 Å². The maximum Gasteiger partial charge on any atom is 0.176 e. The zero-order valence-electron chi connectivity index (χ0n) is 10.6. The molecule has 1 unspecified atom stereocenters. The Bertz CT molecular complexity index is 192. The first-order valence-corrected chi connectivity index (χ1v) is 5.77. The monoisotopic (exact) mass is 232 g/mol. The molecule has 0 aliphatic carbocycles. The molecule has 0 aromatic rings. The molecule has 0 radical (unpaired) electrons. The zero-order chi connectivity index (χ0) is 12.0. The van der Waals surface area contributed by atoms with Gasteiger partial charge in [-0.05, 0) is 13.3 Å². The number of nitrogens with two attached hydrogens (primary N) is 1. The molecule has 1 heterocycles. The number of nitrogens with zero attached hydrogens (tertiary/aromatic N) is 1. The highest BCUT2D eigenvalue weighted by molar-refractivity contribution is 4.91. The average molecular weight is 232 g/mol. The van der Waals surface area contributed by atoms with Gasteiger partial charge in [-0.3, -0.25) is 4.90 Å². The molecule has 2 N–H and O–H groups in total. The van der Waals surface area contributed by atoms with E-state index in [0.29, 0.717) is 6.54 Å². The summed E-state index contributed by atoms with van der Waals surface area (Å²) < 4.78 is 16.2. The summed E-state index contributed by atoms with van der Waals surface area (Å²) in [5, 5.41) is 0. The van der Waals surface area contributed by atoms with E-state index in [4.69, 9.17) is 19.9 Å². The van der Waals surface area contributed by atoms with Crippen molar-refractivity contribution in [3.05, 3.63) is 0 Å². The van der Waals surface area contributed by atoms with Gasteiger partial charge < -0.3 is 19.9 Å². The van der Waals surface area contributed by atoms with Gasteiger partial charge >= 0.3 is 0 Å². The Morgan fingerprint density at radius 3 is 2.56 bits per heavy atom. The van der Waals surface area contributed by atoms with Crippen LogP contribution in [0.3, 0.4) is 0 Å². The Balaban J connectivity index is 2.75. The van der Waals surface area contributed by atoms with Crippen molar-refractivity contribution in [3.63, 3.8) is 0 Å². The predicted octanol–water partition coefficient (Wildman–Crippen LogP) is 0.0450. The first-order valence-electron chi connectivity index (χ1n) is 5.77. The predicted molar refractivity (Wildman–Crippen MR) is 62.3 cm³/mol. The maximum absolute atomic E-state index is 5.90. The Morgan fingerprint density at radius 2 is 2.00 bits per heavy atom. The largest absolute Gasteiger partial charge is 0.380 e.